The van der Waals surface area contributed by atoms with Crippen molar-refractivity contribution in [1.29, 1.82) is 0 Å². The number of aromatic nitrogens is 1. The summed E-state index contributed by atoms with van der Waals surface area (Å²) in [4.78, 5) is 36.8. The molecular formula is C21H23N3O3. The monoisotopic (exact) mass is 365 g/mol. The van der Waals surface area contributed by atoms with Crippen molar-refractivity contribution in [3.63, 3.8) is 0 Å². The first-order chi connectivity index (χ1) is 13.1. The van der Waals surface area contributed by atoms with Crippen molar-refractivity contribution in [1.82, 2.24) is 15.2 Å². The molecule has 0 bridgehead atoms. The summed E-state index contributed by atoms with van der Waals surface area (Å²) in [6.07, 6.45) is 1.13. The average molecular weight is 365 g/mol. The van der Waals surface area contributed by atoms with Crippen molar-refractivity contribution in [2.75, 3.05) is 13.1 Å². The van der Waals surface area contributed by atoms with Crippen LogP contribution in [0.4, 0.5) is 0 Å². The number of hydrogen-bond acceptors (Lipinski definition) is 3. The van der Waals surface area contributed by atoms with Crippen LogP contribution in [0.25, 0.3) is 21.8 Å². The molecule has 2 N–H and O–H groups in total. The van der Waals surface area contributed by atoms with Gasteiger partial charge >= 0.3 is 0 Å². The van der Waals surface area contributed by atoms with Crippen LogP contribution in [0.5, 0.6) is 0 Å². The smallest absolute Gasteiger partial charge is 0.239 e. The molecule has 0 radical (unpaired) electrons. The molecule has 1 heterocycles. The minimum absolute atomic E-state index is 0.0366. The number of fused-ring (bicyclic) bond motifs is 2. The molecule has 0 spiro atoms. The normalized spacial score (nSPS) is 10.9. The molecule has 3 aromatic rings. The molecule has 0 saturated heterocycles. The number of carbonyl (C=O) groups excluding carboxylic acids is 2. The summed E-state index contributed by atoms with van der Waals surface area (Å²) in [7, 11) is 0. The fourth-order valence-electron chi connectivity index (χ4n) is 3.12. The Morgan fingerprint density at radius 1 is 0.852 bits per heavy atom. The van der Waals surface area contributed by atoms with Crippen molar-refractivity contribution >= 4 is 33.6 Å². The molecule has 2 amide bonds. The van der Waals surface area contributed by atoms with Crippen LogP contribution in [0.2, 0.25) is 0 Å². The van der Waals surface area contributed by atoms with E-state index in [1.54, 1.807) is 12.1 Å². The second kappa shape index (κ2) is 8.49. The molecule has 6 heteroatoms. The number of para-hydroxylation sites is 2. The van der Waals surface area contributed by atoms with Gasteiger partial charge in [0.2, 0.25) is 11.8 Å². The van der Waals surface area contributed by atoms with Gasteiger partial charge in [-0.3, -0.25) is 14.4 Å². The Balaban J connectivity index is 1.81. The van der Waals surface area contributed by atoms with Gasteiger partial charge in [-0.2, -0.15) is 0 Å². The Bertz CT molecular complexity index is 980. The van der Waals surface area contributed by atoms with Gasteiger partial charge in [-0.25, -0.2) is 0 Å². The topological polar surface area (TPSA) is 80.2 Å². The number of nitrogens with zero attached hydrogens (tertiary/aromatic N) is 1. The molecule has 0 aliphatic rings. The van der Waals surface area contributed by atoms with Crippen LogP contribution in [0.1, 0.15) is 19.8 Å². The summed E-state index contributed by atoms with van der Waals surface area (Å²) in [5.74, 6) is -0.270. The number of pyridine rings is 1. The predicted molar refractivity (Wildman–Crippen MR) is 107 cm³/mol. The van der Waals surface area contributed by atoms with Gasteiger partial charge in [0.15, 0.2) is 5.43 Å². The molecular weight excluding hydrogens is 342 g/mol. The van der Waals surface area contributed by atoms with E-state index in [0.717, 1.165) is 17.5 Å². The van der Waals surface area contributed by atoms with E-state index in [-0.39, 0.29) is 36.8 Å². The first-order valence-electron chi connectivity index (χ1n) is 9.15. The van der Waals surface area contributed by atoms with Crippen molar-refractivity contribution in [3.05, 3.63) is 58.8 Å². The number of amides is 2. The molecule has 6 nitrogen and oxygen atoms in total. The van der Waals surface area contributed by atoms with Crippen molar-refractivity contribution < 1.29 is 9.59 Å². The third-order valence-corrected chi connectivity index (χ3v) is 4.43. The Kier molecular flexibility index (Phi) is 5.86. The summed E-state index contributed by atoms with van der Waals surface area (Å²) in [5, 5.41) is 6.74. The Hall–Kier alpha value is -3.15. The summed E-state index contributed by atoms with van der Waals surface area (Å²) in [6, 6.07) is 14.6. The average Bonchev–Trinajstić information content (AvgIpc) is 2.69. The minimum Gasteiger partial charge on any atom is -0.356 e. The third-order valence-electron chi connectivity index (χ3n) is 4.43. The molecule has 0 unspecified atom stereocenters. The molecule has 0 aliphatic heterocycles. The summed E-state index contributed by atoms with van der Waals surface area (Å²) < 4.78 is 1.85. The highest BCUT2D eigenvalue weighted by molar-refractivity contribution is 5.94. The quantitative estimate of drug-likeness (QED) is 0.630. The second-order valence-corrected chi connectivity index (χ2v) is 6.40. The van der Waals surface area contributed by atoms with Crippen LogP contribution in [-0.4, -0.2) is 29.5 Å². The van der Waals surface area contributed by atoms with Gasteiger partial charge in [0.25, 0.3) is 0 Å². The zero-order chi connectivity index (χ0) is 19.2. The lowest BCUT2D eigenvalue weighted by Gasteiger charge is -2.15. The number of hydrogen-bond donors (Lipinski definition) is 2. The molecule has 0 saturated carbocycles. The van der Waals surface area contributed by atoms with Gasteiger partial charge < -0.3 is 15.2 Å². The Morgan fingerprint density at radius 3 is 2.00 bits per heavy atom. The SMILES string of the molecule is CCCNC(=O)CCNC(=O)Cn1c2ccccc2c(=O)c2ccccc21. The number of carbonyl (C=O) groups is 2. The first kappa shape index (κ1) is 18.6. The van der Waals surface area contributed by atoms with Gasteiger partial charge in [0.1, 0.15) is 6.54 Å². The number of nitrogens with one attached hydrogen (secondary N) is 2. The molecule has 140 valence electrons. The van der Waals surface area contributed by atoms with Crippen LogP contribution in [0, 0.1) is 0 Å². The molecule has 0 fully saturated rings. The van der Waals surface area contributed by atoms with Gasteiger partial charge in [0.05, 0.1) is 11.0 Å². The van der Waals surface area contributed by atoms with E-state index in [0.29, 0.717) is 17.3 Å². The highest BCUT2D eigenvalue weighted by Gasteiger charge is 2.12. The van der Waals surface area contributed by atoms with E-state index in [2.05, 4.69) is 10.6 Å². The zero-order valence-electron chi connectivity index (χ0n) is 15.3. The van der Waals surface area contributed by atoms with Gasteiger partial charge in [-0.15, -0.1) is 0 Å². The molecule has 0 aliphatic carbocycles. The lowest BCUT2D eigenvalue weighted by atomic mass is 10.1. The first-order valence-corrected chi connectivity index (χ1v) is 9.15. The number of benzene rings is 2. The van der Waals surface area contributed by atoms with E-state index < -0.39 is 0 Å². The predicted octanol–water partition coefficient (Wildman–Crippen LogP) is 2.19. The van der Waals surface area contributed by atoms with Crippen LogP contribution in [0.3, 0.4) is 0 Å². The van der Waals surface area contributed by atoms with Gasteiger partial charge in [-0.05, 0) is 30.7 Å². The lowest BCUT2D eigenvalue weighted by molar-refractivity contribution is -0.122. The van der Waals surface area contributed by atoms with E-state index >= 15 is 0 Å². The molecule has 27 heavy (non-hydrogen) atoms. The van der Waals surface area contributed by atoms with E-state index in [1.165, 1.54) is 0 Å². The molecule has 2 aromatic carbocycles. The summed E-state index contributed by atoms with van der Waals surface area (Å²) in [6.45, 7) is 2.99. The van der Waals surface area contributed by atoms with E-state index in [4.69, 9.17) is 0 Å². The van der Waals surface area contributed by atoms with E-state index in [9.17, 15) is 14.4 Å². The molecule has 0 atom stereocenters. The zero-order valence-corrected chi connectivity index (χ0v) is 15.3. The molecule has 3 rings (SSSR count). The van der Waals surface area contributed by atoms with Crippen molar-refractivity contribution in [2.45, 2.75) is 26.3 Å². The highest BCUT2D eigenvalue weighted by Crippen LogP contribution is 2.18. The lowest BCUT2D eigenvalue weighted by Crippen LogP contribution is -2.33. The molecule has 1 aromatic heterocycles. The van der Waals surface area contributed by atoms with Crippen LogP contribution in [-0.2, 0) is 16.1 Å². The van der Waals surface area contributed by atoms with Crippen LogP contribution < -0.4 is 16.1 Å². The number of rotatable bonds is 7. The van der Waals surface area contributed by atoms with Gasteiger partial charge in [-0.1, -0.05) is 31.2 Å². The fourth-order valence-corrected chi connectivity index (χ4v) is 3.12. The van der Waals surface area contributed by atoms with Crippen LogP contribution >= 0.6 is 0 Å². The Morgan fingerprint density at radius 2 is 1.41 bits per heavy atom. The summed E-state index contributed by atoms with van der Waals surface area (Å²) in [5.41, 5.74) is 1.40. The van der Waals surface area contributed by atoms with Crippen molar-refractivity contribution in [3.8, 4) is 0 Å². The maximum atomic E-state index is 12.7. The summed E-state index contributed by atoms with van der Waals surface area (Å²) >= 11 is 0. The third kappa shape index (κ3) is 4.16. The standard InChI is InChI=1S/C21H23N3O3/c1-2-12-22-19(25)11-13-23-20(26)14-24-17-9-5-3-7-15(17)21(27)16-8-4-6-10-18(16)24/h3-10H,2,11-14H2,1H3,(H,22,25)(H,23,26). The fraction of sp³-hybridized carbons (Fsp3) is 0.286. The van der Waals surface area contributed by atoms with Crippen molar-refractivity contribution in [2.24, 2.45) is 0 Å². The maximum absolute atomic E-state index is 12.7. The minimum atomic E-state index is -0.197. The second-order valence-electron chi connectivity index (χ2n) is 6.40. The maximum Gasteiger partial charge on any atom is 0.239 e. The van der Waals surface area contributed by atoms with Gasteiger partial charge in [0, 0.05) is 30.3 Å². The largest absolute Gasteiger partial charge is 0.356 e. The Labute approximate surface area is 157 Å². The van der Waals surface area contributed by atoms with Crippen LogP contribution in [0.15, 0.2) is 53.3 Å². The highest BCUT2D eigenvalue weighted by atomic mass is 16.2. The van der Waals surface area contributed by atoms with E-state index in [1.807, 2.05) is 47.9 Å².